The van der Waals surface area contributed by atoms with Crippen molar-refractivity contribution in [2.24, 2.45) is 0 Å². The average Bonchev–Trinajstić information content (AvgIpc) is 2.65. The number of fused-ring (bicyclic) bond motifs is 1. The van der Waals surface area contributed by atoms with E-state index in [0.717, 1.165) is 41.9 Å². The number of nitrogens with two attached hydrogens (primary N) is 1. The van der Waals surface area contributed by atoms with E-state index in [1.807, 2.05) is 30.3 Å². The molecule has 1 aromatic carbocycles. The van der Waals surface area contributed by atoms with Gasteiger partial charge in [0.1, 0.15) is 0 Å². The van der Waals surface area contributed by atoms with Crippen LogP contribution in [0, 0.1) is 0 Å². The minimum Gasteiger partial charge on any atom is -0.398 e. The maximum Gasteiger partial charge on any atom is 0.0725 e. The van der Waals surface area contributed by atoms with Gasteiger partial charge in [0, 0.05) is 30.0 Å². The molecule has 0 spiro atoms. The Balaban J connectivity index is 1.48. The van der Waals surface area contributed by atoms with Crippen LogP contribution in [0.3, 0.4) is 0 Å². The summed E-state index contributed by atoms with van der Waals surface area (Å²) in [6.45, 7) is 4.11. The number of hydrogen-bond donors (Lipinski definition) is 1. The summed E-state index contributed by atoms with van der Waals surface area (Å²) in [5, 5.41) is 1.05. The van der Waals surface area contributed by atoms with Gasteiger partial charge in [-0.25, -0.2) is 0 Å². The number of rotatable bonds is 14. The van der Waals surface area contributed by atoms with Crippen LogP contribution in [0.4, 0.5) is 5.69 Å². The van der Waals surface area contributed by atoms with E-state index in [4.69, 9.17) is 15.5 Å². The Morgan fingerprint density at radius 2 is 1.50 bits per heavy atom. The maximum absolute atomic E-state index is 6.14. The summed E-state index contributed by atoms with van der Waals surface area (Å²) in [7, 11) is 0. The Labute approximate surface area is 159 Å². The van der Waals surface area contributed by atoms with Gasteiger partial charge in [0.05, 0.1) is 5.52 Å². The monoisotopic (exact) mass is 356 g/mol. The Morgan fingerprint density at radius 3 is 2.27 bits per heavy atom. The zero-order valence-electron chi connectivity index (χ0n) is 16.5. The molecule has 144 valence electrons. The predicted molar refractivity (Wildman–Crippen MR) is 113 cm³/mol. The fourth-order valence-corrected chi connectivity index (χ4v) is 3.34. The number of ether oxygens (including phenoxy) is 1. The smallest absolute Gasteiger partial charge is 0.0725 e. The van der Waals surface area contributed by atoms with Crippen molar-refractivity contribution in [3.63, 3.8) is 0 Å². The first-order valence-electron chi connectivity index (χ1n) is 10.5. The van der Waals surface area contributed by atoms with E-state index in [1.165, 1.54) is 64.2 Å². The van der Waals surface area contributed by atoms with Crippen molar-refractivity contribution in [2.45, 2.75) is 77.6 Å². The zero-order chi connectivity index (χ0) is 18.5. The highest BCUT2D eigenvalue weighted by atomic mass is 16.5. The first-order valence-corrected chi connectivity index (χ1v) is 10.5. The molecule has 0 bridgehead atoms. The summed E-state index contributed by atoms with van der Waals surface area (Å²) in [4.78, 5) is 4.73. The van der Waals surface area contributed by atoms with Crippen molar-refractivity contribution in [3.8, 4) is 0 Å². The molecule has 0 atom stereocenters. The van der Waals surface area contributed by atoms with E-state index in [2.05, 4.69) is 6.92 Å². The first kappa shape index (κ1) is 20.7. The lowest BCUT2D eigenvalue weighted by atomic mass is 10.1. The second-order valence-electron chi connectivity index (χ2n) is 7.26. The van der Waals surface area contributed by atoms with Crippen LogP contribution in [0.25, 0.3) is 10.9 Å². The Morgan fingerprint density at radius 1 is 0.846 bits per heavy atom. The van der Waals surface area contributed by atoms with Crippen LogP contribution in [0.1, 0.15) is 76.8 Å². The molecular weight excluding hydrogens is 320 g/mol. The second kappa shape index (κ2) is 12.7. The molecule has 3 heteroatoms. The lowest BCUT2D eigenvalue weighted by Gasteiger charge is -2.07. The molecule has 0 aliphatic heterocycles. The van der Waals surface area contributed by atoms with Crippen molar-refractivity contribution in [2.75, 3.05) is 18.9 Å². The molecule has 0 radical (unpaired) electrons. The van der Waals surface area contributed by atoms with Gasteiger partial charge in [-0.05, 0) is 37.8 Å². The number of pyridine rings is 1. The van der Waals surface area contributed by atoms with E-state index in [9.17, 15) is 0 Å². The molecule has 2 aromatic rings. The third-order valence-corrected chi connectivity index (χ3v) is 4.92. The van der Waals surface area contributed by atoms with Crippen LogP contribution in [0.5, 0.6) is 0 Å². The highest BCUT2D eigenvalue weighted by molar-refractivity contribution is 5.90. The van der Waals surface area contributed by atoms with Crippen molar-refractivity contribution in [1.29, 1.82) is 0 Å². The van der Waals surface area contributed by atoms with Crippen LogP contribution in [0.15, 0.2) is 30.3 Å². The number of benzene rings is 1. The number of aryl methyl sites for hydroxylation is 1. The summed E-state index contributed by atoms with van der Waals surface area (Å²) in [6.07, 6.45) is 13.8. The van der Waals surface area contributed by atoms with Gasteiger partial charge in [-0.3, -0.25) is 4.98 Å². The largest absolute Gasteiger partial charge is 0.398 e. The number of hydrogen-bond acceptors (Lipinski definition) is 3. The summed E-state index contributed by atoms with van der Waals surface area (Å²) in [5.41, 5.74) is 9.10. The van der Waals surface area contributed by atoms with Crippen molar-refractivity contribution < 1.29 is 4.74 Å². The number of para-hydroxylation sites is 1. The standard InChI is InChI=1S/C23H36N2O/c1-2-3-4-5-7-12-17-26-18-13-8-6-9-14-20-19-22(24)21-15-10-11-16-23(21)25-20/h10-11,15-16,19H,2-9,12-14,17-18H2,1H3,(H2,24,25). The van der Waals surface area contributed by atoms with Gasteiger partial charge in [-0.15, -0.1) is 0 Å². The van der Waals surface area contributed by atoms with Gasteiger partial charge in [-0.2, -0.15) is 0 Å². The van der Waals surface area contributed by atoms with E-state index in [1.54, 1.807) is 0 Å². The minimum absolute atomic E-state index is 0.841. The third kappa shape index (κ3) is 7.74. The molecule has 3 nitrogen and oxygen atoms in total. The number of nitrogen functional groups attached to an aromatic ring is 1. The summed E-state index contributed by atoms with van der Waals surface area (Å²) >= 11 is 0. The quantitative estimate of drug-likeness (QED) is 0.404. The van der Waals surface area contributed by atoms with E-state index in [0.29, 0.717) is 0 Å². The molecule has 0 saturated carbocycles. The van der Waals surface area contributed by atoms with Crippen LogP contribution in [-0.2, 0) is 11.2 Å². The molecule has 0 saturated heterocycles. The molecule has 0 unspecified atom stereocenters. The topological polar surface area (TPSA) is 48.1 Å². The van der Waals surface area contributed by atoms with Gasteiger partial charge >= 0.3 is 0 Å². The molecule has 26 heavy (non-hydrogen) atoms. The van der Waals surface area contributed by atoms with Crippen molar-refractivity contribution >= 4 is 16.6 Å². The van der Waals surface area contributed by atoms with E-state index < -0.39 is 0 Å². The molecule has 0 amide bonds. The first-order chi connectivity index (χ1) is 12.8. The number of nitrogens with zero attached hydrogens (tertiary/aromatic N) is 1. The van der Waals surface area contributed by atoms with Crippen LogP contribution in [0.2, 0.25) is 0 Å². The summed E-state index contributed by atoms with van der Waals surface area (Å²) in [5.74, 6) is 0. The Hall–Kier alpha value is -1.61. The Kier molecular flexibility index (Phi) is 10.1. The number of aromatic nitrogens is 1. The fraction of sp³-hybridized carbons (Fsp3) is 0.609. The van der Waals surface area contributed by atoms with Gasteiger partial charge in [0.25, 0.3) is 0 Å². The highest BCUT2D eigenvalue weighted by Gasteiger charge is 2.03. The van der Waals surface area contributed by atoms with Crippen molar-refractivity contribution in [1.82, 2.24) is 4.98 Å². The van der Waals surface area contributed by atoms with Gasteiger partial charge in [0.2, 0.25) is 0 Å². The zero-order valence-corrected chi connectivity index (χ0v) is 16.5. The summed E-state index contributed by atoms with van der Waals surface area (Å²) in [6, 6.07) is 10.1. The van der Waals surface area contributed by atoms with Gasteiger partial charge in [-0.1, -0.05) is 70.1 Å². The average molecular weight is 357 g/mol. The van der Waals surface area contributed by atoms with E-state index >= 15 is 0 Å². The molecule has 2 rings (SSSR count). The van der Waals surface area contributed by atoms with E-state index in [-0.39, 0.29) is 0 Å². The van der Waals surface area contributed by atoms with Crippen LogP contribution in [-0.4, -0.2) is 18.2 Å². The number of unbranched alkanes of at least 4 members (excludes halogenated alkanes) is 8. The van der Waals surface area contributed by atoms with Gasteiger partial charge in [0.15, 0.2) is 0 Å². The molecular formula is C23H36N2O. The highest BCUT2D eigenvalue weighted by Crippen LogP contribution is 2.21. The lowest BCUT2D eigenvalue weighted by Crippen LogP contribution is -1.98. The van der Waals surface area contributed by atoms with Crippen molar-refractivity contribution in [3.05, 3.63) is 36.0 Å². The maximum atomic E-state index is 6.14. The van der Waals surface area contributed by atoms with Gasteiger partial charge < -0.3 is 10.5 Å². The SMILES string of the molecule is CCCCCCCCOCCCCCCc1cc(N)c2ccccc2n1. The fourth-order valence-electron chi connectivity index (χ4n) is 3.34. The molecule has 0 aliphatic rings. The molecule has 1 heterocycles. The normalized spacial score (nSPS) is 11.3. The third-order valence-electron chi connectivity index (χ3n) is 4.92. The molecule has 0 fully saturated rings. The summed E-state index contributed by atoms with van der Waals surface area (Å²) < 4.78 is 5.74. The molecule has 0 aliphatic carbocycles. The van der Waals surface area contributed by atoms with Crippen LogP contribution >= 0.6 is 0 Å². The lowest BCUT2D eigenvalue weighted by molar-refractivity contribution is 0.125. The van der Waals surface area contributed by atoms with Crippen LogP contribution < -0.4 is 5.73 Å². The predicted octanol–water partition coefficient (Wildman–Crippen LogP) is 6.30. The second-order valence-corrected chi connectivity index (χ2v) is 7.26. The molecule has 1 aromatic heterocycles. The molecule has 2 N–H and O–H groups in total. The Bertz CT molecular complexity index is 627. The minimum atomic E-state index is 0.841. The number of anilines is 1.